The molecule has 0 bridgehead atoms. The fourth-order valence-electron chi connectivity index (χ4n) is 2.97. The van der Waals surface area contributed by atoms with E-state index in [1.807, 2.05) is 6.07 Å². The first-order chi connectivity index (χ1) is 10.6. The summed E-state index contributed by atoms with van der Waals surface area (Å²) in [6, 6.07) is 5.19. The van der Waals surface area contributed by atoms with E-state index in [-0.39, 0.29) is 17.4 Å². The zero-order chi connectivity index (χ0) is 15.9. The van der Waals surface area contributed by atoms with Crippen molar-refractivity contribution in [2.75, 3.05) is 6.61 Å². The zero-order valence-corrected chi connectivity index (χ0v) is 13.3. The molecule has 4 nitrogen and oxygen atoms in total. The third-order valence-corrected chi connectivity index (χ3v) is 4.39. The quantitative estimate of drug-likeness (QED) is 0.620. The van der Waals surface area contributed by atoms with Gasteiger partial charge < -0.3 is 14.9 Å². The molecular formula is C18H26O4. The third-order valence-electron chi connectivity index (χ3n) is 4.39. The highest BCUT2D eigenvalue weighted by Crippen LogP contribution is 2.34. The summed E-state index contributed by atoms with van der Waals surface area (Å²) in [7, 11) is 0. The second-order valence-corrected chi connectivity index (χ2v) is 6.13. The fourth-order valence-corrected chi connectivity index (χ4v) is 2.97. The molecule has 4 heteroatoms. The van der Waals surface area contributed by atoms with Crippen molar-refractivity contribution in [3.8, 4) is 5.75 Å². The number of aliphatic hydroxyl groups excluding tert-OH is 1. The minimum Gasteiger partial charge on any atom is -0.507 e. The Labute approximate surface area is 132 Å². The Kier molecular flexibility index (Phi) is 6.25. The second-order valence-electron chi connectivity index (χ2n) is 6.13. The summed E-state index contributed by atoms with van der Waals surface area (Å²) >= 11 is 0. The number of aliphatic hydroxyl groups is 1. The van der Waals surface area contributed by atoms with Gasteiger partial charge in [0.2, 0.25) is 0 Å². The number of benzene rings is 1. The predicted molar refractivity (Wildman–Crippen MR) is 85.1 cm³/mol. The molecule has 1 aliphatic rings. The number of carbonyl (C=O) groups is 1. The molecule has 0 amide bonds. The van der Waals surface area contributed by atoms with Crippen molar-refractivity contribution >= 4 is 5.97 Å². The molecule has 0 atom stereocenters. The molecule has 1 fully saturated rings. The van der Waals surface area contributed by atoms with Crippen molar-refractivity contribution in [1.29, 1.82) is 0 Å². The third kappa shape index (κ3) is 4.47. The van der Waals surface area contributed by atoms with Crippen molar-refractivity contribution in [2.24, 2.45) is 0 Å². The number of rotatable bonds is 6. The normalized spacial score (nSPS) is 21.5. The molecular weight excluding hydrogens is 280 g/mol. The summed E-state index contributed by atoms with van der Waals surface area (Å²) in [5.74, 6) is -0.137. The largest absolute Gasteiger partial charge is 0.507 e. The molecule has 122 valence electrons. The molecule has 1 saturated carbocycles. The predicted octanol–water partition coefficient (Wildman–Crippen LogP) is 3.76. The standard InChI is InChI=1S/C18H26O4/c1-2-3-4-11-22-18(21)16-12-14(7-10-17(16)20)13-5-8-15(19)9-6-13/h7,10,12-13,15,19-20H,2-6,8-9,11H2,1H3. The molecule has 0 unspecified atom stereocenters. The lowest BCUT2D eigenvalue weighted by Crippen LogP contribution is -2.17. The minimum absolute atomic E-state index is 0.0277. The van der Waals surface area contributed by atoms with Gasteiger partial charge in [0.05, 0.1) is 12.7 Å². The van der Waals surface area contributed by atoms with Crippen LogP contribution >= 0.6 is 0 Å². The number of phenolic OH excluding ortho intramolecular Hbond substituents is 1. The zero-order valence-electron chi connectivity index (χ0n) is 13.3. The van der Waals surface area contributed by atoms with Crippen LogP contribution in [0.1, 0.15) is 73.7 Å². The molecule has 0 aliphatic heterocycles. The molecule has 22 heavy (non-hydrogen) atoms. The average molecular weight is 306 g/mol. The van der Waals surface area contributed by atoms with E-state index < -0.39 is 5.97 Å². The van der Waals surface area contributed by atoms with Gasteiger partial charge in [0.1, 0.15) is 11.3 Å². The van der Waals surface area contributed by atoms with Gasteiger partial charge >= 0.3 is 5.97 Å². The molecule has 2 rings (SSSR count). The molecule has 1 aromatic rings. The monoisotopic (exact) mass is 306 g/mol. The maximum Gasteiger partial charge on any atom is 0.341 e. The van der Waals surface area contributed by atoms with Crippen LogP contribution in [0.15, 0.2) is 18.2 Å². The number of hydrogen-bond acceptors (Lipinski definition) is 4. The highest BCUT2D eigenvalue weighted by Gasteiger charge is 2.22. The molecule has 0 radical (unpaired) electrons. The lowest BCUT2D eigenvalue weighted by Gasteiger charge is -2.26. The molecule has 0 saturated heterocycles. The summed E-state index contributed by atoms with van der Waals surface area (Å²) < 4.78 is 5.23. The summed E-state index contributed by atoms with van der Waals surface area (Å²) in [5, 5.41) is 19.5. The highest BCUT2D eigenvalue weighted by molar-refractivity contribution is 5.92. The lowest BCUT2D eigenvalue weighted by atomic mass is 9.82. The number of aromatic hydroxyl groups is 1. The first kappa shape index (κ1) is 16.8. The van der Waals surface area contributed by atoms with Crippen molar-refractivity contribution in [1.82, 2.24) is 0 Å². The van der Waals surface area contributed by atoms with E-state index in [4.69, 9.17) is 4.74 Å². The van der Waals surface area contributed by atoms with Gasteiger partial charge in [0.25, 0.3) is 0 Å². The lowest BCUT2D eigenvalue weighted by molar-refractivity contribution is 0.0494. The van der Waals surface area contributed by atoms with Crippen molar-refractivity contribution in [2.45, 2.75) is 63.9 Å². The smallest absolute Gasteiger partial charge is 0.341 e. The topological polar surface area (TPSA) is 66.8 Å². The number of carbonyl (C=O) groups excluding carboxylic acids is 1. The first-order valence-electron chi connectivity index (χ1n) is 8.30. The molecule has 2 N–H and O–H groups in total. The van der Waals surface area contributed by atoms with Crippen LogP contribution in [0, 0.1) is 0 Å². The Bertz CT molecular complexity index is 490. The van der Waals surface area contributed by atoms with Gasteiger partial charge in [0.15, 0.2) is 0 Å². The van der Waals surface area contributed by atoms with Gasteiger partial charge in [-0.3, -0.25) is 0 Å². The number of phenols is 1. The van der Waals surface area contributed by atoms with Crippen molar-refractivity contribution < 1.29 is 19.7 Å². The van der Waals surface area contributed by atoms with E-state index >= 15 is 0 Å². The Morgan fingerprint density at radius 2 is 1.95 bits per heavy atom. The molecule has 0 aromatic heterocycles. The molecule has 0 spiro atoms. The van der Waals surface area contributed by atoms with Gasteiger partial charge in [-0.25, -0.2) is 4.79 Å². The van der Waals surface area contributed by atoms with E-state index in [0.717, 1.165) is 50.5 Å². The van der Waals surface area contributed by atoms with Crippen LogP contribution in [-0.2, 0) is 4.74 Å². The van der Waals surface area contributed by atoms with Gasteiger partial charge in [-0.15, -0.1) is 0 Å². The van der Waals surface area contributed by atoms with Crippen LogP contribution < -0.4 is 0 Å². The van der Waals surface area contributed by atoms with E-state index in [1.54, 1.807) is 12.1 Å². The summed E-state index contributed by atoms with van der Waals surface area (Å²) in [6.07, 6.45) is 6.17. The Morgan fingerprint density at radius 1 is 1.23 bits per heavy atom. The number of unbranched alkanes of at least 4 members (excludes halogenated alkanes) is 2. The van der Waals surface area contributed by atoms with Crippen LogP contribution in [-0.4, -0.2) is 28.9 Å². The second kappa shape index (κ2) is 8.18. The number of ether oxygens (including phenoxy) is 1. The SMILES string of the molecule is CCCCCOC(=O)c1cc(C2CCC(O)CC2)ccc1O. The summed E-state index contributed by atoms with van der Waals surface area (Å²) in [4.78, 5) is 12.1. The maximum atomic E-state index is 12.1. The molecule has 0 heterocycles. The fraction of sp³-hybridized carbons (Fsp3) is 0.611. The number of hydrogen-bond donors (Lipinski definition) is 2. The van der Waals surface area contributed by atoms with Crippen molar-refractivity contribution in [3.63, 3.8) is 0 Å². The van der Waals surface area contributed by atoms with E-state index in [2.05, 4.69) is 6.92 Å². The first-order valence-corrected chi connectivity index (χ1v) is 8.30. The van der Waals surface area contributed by atoms with Gasteiger partial charge in [-0.2, -0.15) is 0 Å². The van der Waals surface area contributed by atoms with Crippen LogP contribution in [0.2, 0.25) is 0 Å². The highest BCUT2D eigenvalue weighted by atomic mass is 16.5. The van der Waals surface area contributed by atoms with E-state index in [1.165, 1.54) is 0 Å². The van der Waals surface area contributed by atoms with Gasteiger partial charge in [0, 0.05) is 0 Å². The van der Waals surface area contributed by atoms with Crippen LogP contribution in [0.25, 0.3) is 0 Å². The summed E-state index contributed by atoms with van der Waals surface area (Å²) in [5.41, 5.74) is 1.30. The van der Waals surface area contributed by atoms with Crippen LogP contribution in [0.5, 0.6) is 5.75 Å². The molecule has 1 aliphatic carbocycles. The Balaban J connectivity index is 2.01. The van der Waals surface area contributed by atoms with Crippen molar-refractivity contribution in [3.05, 3.63) is 29.3 Å². The molecule has 1 aromatic carbocycles. The van der Waals surface area contributed by atoms with E-state index in [9.17, 15) is 15.0 Å². The maximum absolute atomic E-state index is 12.1. The van der Waals surface area contributed by atoms with E-state index in [0.29, 0.717) is 12.5 Å². The van der Waals surface area contributed by atoms with Crippen LogP contribution in [0.3, 0.4) is 0 Å². The minimum atomic E-state index is -0.453. The average Bonchev–Trinajstić information content (AvgIpc) is 2.53. The number of esters is 1. The van der Waals surface area contributed by atoms with Gasteiger partial charge in [-0.1, -0.05) is 25.8 Å². The Morgan fingerprint density at radius 3 is 2.64 bits per heavy atom. The Hall–Kier alpha value is -1.55. The van der Waals surface area contributed by atoms with Crippen LogP contribution in [0.4, 0.5) is 0 Å². The summed E-state index contributed by atoms with van der Waals surface area (Å²) in [6.45, 7) is 2.49. The van der Waals surface area contributed by atoms with Gasteiger partial charge in [-0.05, 0) is 55.7 Å².